The second-order valence-corrected chi connectivity index (χ2v) is 5.04. The number of piperidine rings is 1. The second-order valence-electron chi connectivity index (χ2n) is 5.04. The predicted molar refractivity (Wildman–Crippen MR) is 68.6 cm³/mol. The van der Waals surface area contributed by atoms with Gasteiger partial charge >= 0.3 is 5.97 Å². The highest BCUT2D eigenvalue weighted by Crippen LogP contribution is 2.27. The zero-order valence-electron chi connectivity index (χ0n) is 10.4. The quantitative estimate of drug-likeness (QED) is 0.854. The molecule has 1 N–H and O–H groups in total. The molecule has 1 fully saturated rings. The molecule has 0 radical (unpaired) electrons. The van der Waals surface area contributed by atoms with E-state index in [0.29, 0.717) is 11.5 Å². The number of aromatic carboxylic acids is 1. The third-order valence-corrected chi connectivity index (χ3v) is 3.81. The van der Waals surface area contributed by atoms with Crippen LogP contribution in [-0.2, 0) is 0 Å². The Morgan fingerprint density at radius 2 is 1.88 bits per heavy atom. The molecule has 17 heavy (non-hydrogen) atoms. The van der Waals surface area contributed by atoms with Crippen molar-refractivity contribution in [1.82, 2.24) is 0 Å². The zero-order valence-corrected chi connectivity index (χ0v) is 10.4. The van der Waals surface area contributed by atoms with E-state index in [1.807, 2.05) is 12.1 Å². The smallest absolute Gasteiger partial charge is 0.335 e. The van der Waals surface area contributed by atoms with Crippen molar-refractivity contribution >= 4 is 11.7 Å². The lowest BCUT2D eigenvalue weighted by atomic mass is 9.88. The maximum Gasteiger partial charge on any atom is 0.335 e. The number of hydrogen-bond donors (Lipinski definition) is 1. The Balaban J connectivity index is 2.10. The van der Waals surface area contributed by atoms with Crippen molar-refractivity contribution in [3.05, 3.63) is 29.8 Å². The van der Waals surface area contributed by atoms with E-state index >= 15 is 0 Å². The van der Waals surface area contributed by atoms with E-state index in [0.717, 1.165) is 24.7 Å². The lowest BCUT2D eigenvalue weighted by Crippen LogP contribution is -2.38. The molecule has 2 unspecified atom stereocenters. The molecule has 0 bridgehead atoms. The maximum absolute atomic E-state index is 10.8. The van der Waals surface area contributed by atoms with Gasteiger partial charge in [0.05, 0.1) is 5.56 Å². The molecule has 3 heteroatoms. The first kappa shape index (κ1) is 12.0. The van der Waals surface area contributed by atoms with Crippen LogP contribution in [0.5, 0.6) is 0 Å². The minimum absolute atomic E-state index is 0.354. The molecule has 0 aliphatic carbocycles. The SMILES string of the molecule is CC1CCN(c2ccc(C(=O)O)cc2)CC1C. The molecule has 2 atom stereocenters. The third-order valence-electron chi connectivity index (χ3n) is 3.81. The fraction of sp³-hybridized carbons (Fsp3) is 0.500. The van der Waals surface area contributed by atoms with Crippen molar-refractivity contribution in [3.63, 3.8) is 0 Å². The molecule has 0 aromatic heterocycles. The van der Waals surface area contributed by atoms with Gasteiger partial charge in [-0.2, -0.15) is 0 Å². The fourth-order valence-electron chi connectivity index (χ4n) is 2.31. The zero-order chi connectivity index (χ0) is 12.4. The average molecular weight is 233 g/mol. The van der Waals surface area contributed by atoms with E-state index in [-0.39, 0.29) is 0 Å². The first-order valence-corrected chi connectivity index (χ1v) is 6.16. The monoisotopic (exact) mass is 233 g/mol. The normalized spacial score (nSPS) is 24.7. The maximum atomic E-state index is 10.8. The third kappa shape index (κ3) is 2.60. The highest BCUT2D eigenvalue weighted by atomic mass is 16.4. The van der Waals surface area contributed by atoms with E-state index in [1.165, 1.54) is 6.42 Å². The van der Waals surface area contributed by atoms with Crippen LogP contribution in [0.25, 0.3) is 0 Å². The number of nitrogens with zero attached hydrogens (tertiary/aromatic N) is 1. The van der Waals surface area contributed by atoms with Gasteiger partial charge in [0, 0.05) is 18.8 Å². The molecule has 1 aliphatic rings. The molecule has 0 saturated carbocycles. The van der Waals surface area contributed by atoms with E-state index in [9.17, 15) is 4.79 Å². The minimum Gasteiger partial charge on any atom is -0.478 e. The fourth-order valence-corrected chi connectivity index (χ4v) is 2.31. The summed E-state index contributed by atoms with van der Waals surface area (Å²) in [6, 6.07) is 7.18. The largest absolute Gasteiger partial charge is 0.478 e. The Bertz CT molecular complexity index is 399. The van der Waals surface area contributed by atoms with Crippen LogP contribution in [0, 0.1) is 11.8 Å². The summed E-state index contributed by atoms with van der Waals surface area (Å²) in [7, 11) is 0. The molecule has 92 valence electrons. The molecule has 0 spiro atoms. The van der Waals surface area contributed by atoms with Crippen molar-refractivity contribution in [2.75, 3.05) is 18.0 Å². The van der Waals surface area contributed by atoms with Crippen molar-refractivity contribution in [1.29, 1.82) is 0 Å². The summed E-state index contributed by atoms with van der Waals surface area (Å²) in [6.07, 6.45) is 1.21. The minimum atomic E-state index is -0.864. The Labute approximate surface area is 102 Å². The summed E-state index contributed by atoms with van der Waals surface area (Å²) in [5.41, 5.74) is 1.49. The summed E-state index contributed by atoms with van der Waals surface area (Å²) in [4.78, 5) is 13.1. The number of carboxylic acids is 1. The lowest BCUT2D eigenvalue weighted by Gasteiger charge is -2.36. The highest BCUT2D eigenvalue weighted by molar-refractivity contribution is 5.88. The number of benzene rings is 1. The molecular formula is C14H19NO2. The van der Waals surface area contributed by atoms with Crippen LogP contribution >= 0.6 is 0 Å². The standard InChI is InChI=1S/C14H19NO2/c1-10-7-8-15(9-11(10)2)13-5-3-12(4-6-13)14(16)17/h3-6,10-11H,7-9H2,1-2H3,(H,16,17). The van der Waals surface area contributed by atoms with Crippen molar-refractivity contribution in [2.24, 2.45) is 11.8 Å². The molecule has 0 amide bonds. The Kier molecular flexibility index (Phi) is 3.36. The first-order chi connectivity index (χ1) is 8.08. The molecule has 1 aromatic rings. The van der Waals surface area contributed by atoms with Gasteiger partial charge in [-0.05, 0) is 42.5 Å². The molecule has 1 heterocycles. The highest BCUT2D eigenvalue weighted by Gasteiger charge is 2.22. The number of anilines is 1. The van der Waals surface area contributed by atoms with Gasteiger partial charge in [-0.25, -0.2) is 4.79 Å². The van der Waals surface area contributed by atoms with Crippen LogP contribution < -0.4 is 4.90 Å². The van der Waals surface area contributed by atoms with Gasteiger partial charge in [-0.1, -0.05) is 13.8 Å². The van der Waals surface area contributed by atoms with Gasteiger partial charge in [-0.3, -0.25) is 0 Å². The Morgan fingerprint density at radius 1 is 1.24 bits per heavy atom. The van der Waals surface area contributed by atoms with Crippen molar-refractivity contribution < 1.29 is 9.90 Å². The van der Waals surface area contributed by atoms with Crippen LogP contribution in [0.1, 0.15) is 30.6 Å². The van der Waals surface area contributed by atoms with Crippen LogP contribution in [0.4, 0.5) is 5.69 Å². The molecule has 2 rings (SSSR count). The van der Waals surface area contributed by atoms with E-state index in [4.69, 9.17) is 5.11 Å². The molecular weight excluding hydrogens is 214 g/mol. The molecule has 1 saturated heterocycles. The van der Waals surface area contributed by atoms with E-state index < -0.39 is 5.97 Å². The van der Waals surface area contributed by atoms with E-state index in [2.05, 4.69) is 18.7 Å². The number of hydrogen-bond acceptors (Lipinski definition) is 2. The van der Waals surface area contributed by atoms with Crippen LogP contribution in [-0.4, -0.2) is 24.2 Å². The Morgan fingerprint density at radius 3 is 2.41 bits per heavy atom. The topological polar surface area (TPSA) is 40.5 Å². The van der Waals surface area contributed by atoms with Gasteiger partial charge < -0.3 is 10.0 Å². The van der Waals surface area contributed by atoms with Gasteiger partial charge in [0.1, 0.15) is 0 Å². The molecule has 1 aliphatic heterocycles. The van der Waals surface area contributed by atoms with Crippen molar-refractivity contribution in [3.8, 4) is 0 Å². The summed E-state index contributed by atoms with van der Waals surface area (Å²) in [5, 5.41) is 8.85. The molecule has 3 nitrogen and oxygen atoms in total. The van der Waals surface area contributed by atoms with Gasteiger partial charge in [0.2, 0.25) is 0 Å². The Hall–Kier alpha value is -1.51. The average Bonchev–Trinajstić information content (AvgIpc) is 2.33. The predicted octanol–water partition coefficient (Wildman–Crippen LogP) is 2.87. The van der Waals surface area contributed by atoms with Crippen LogP contribution in [0.2, 0.25) is 0 Å². The van der Waals surface area contributed by atoms with E-state index in [1.54, 1.807) is 12.1 Å². The number of carbonyl (C=O) groups is 1. The summed E-state index contributed by atoms with van der Waals surface area (Å²) >= 11 is 0. The second kappa shape index (κ2) is 4.78. The molecule has 1 aromatic carbocycles. The van der Waals surface area contributed by atoms with Crippen LogP contribution in [0.15, 0.2) is 24.3 Å². The number of rotatable bonds is 2. The van der Waals surface area contributed by atoms with Crippen molar-refractivity contribution in [2.45, 2.75) is 20.3 Å². The summed E-state index contributed by atoms with van der Waals surface area (Å²) < 4.78 is 0. The number of carboxylic acid groups (broad SMARTS) is 1. The summed E-state index contributed by atoms with van der Waals surface area (Å²) in [5.74, 6) is 0.615. The van der Waals surface area contributed by atoms with Gasteiger partial charge in [0.25, 0.3) is 0 Å². The lowest BCUT2D eigenvalue weighted by molar-refractivity contribution is 0.0697. The van der Waals surface area contributed by atoms with Crippen LogP contribution in [0.3, 0.4) is 0 Å². The van der Waals surface area contributed by atoms with Gasteiger partial charge in [0.15, 0.2) is 0 Å². The summed E-state index contributed by atoms with van der Waals surface area (Å²) in [6.45, 7) is 6.71. The van der Waals surface area contributed by atoms with Gasteiger partial charge in [-0.15, -0.1) is 0 Å². The first-order valence-electron chi connectivity index (χ1n) is 6.16.